The van der Waals surface area contributed by atoms with Crippen molar-refractivity contribution < 1.29 is 27.8 Å². The monoisotopic (exact) mass is 268 g/mol. The molecule has 1 N–H and O–H groups in total. The maximum absolute atomic E-state index is 13.4. The van der Waals surface area contributed by atoms with Gasteiger partial charge in [0.1, 0.15) is 11.6 Å². The van der Waals surface area contributed by atoms with E-state index in [2.05, 4.69) is 4.74 Å². The Kier molecular flexibility index (Phi) is 4.62. The van der Waals surface area contributed by atoms with E-state index >= 15 is 0 Å². The number of benzene rings is 1. The topological polar surface area (TPSA) is 46.5 Å². The van der Waals surface area contributed by atoms with Crippen molar-refractivity contribution >= 4 is 17.6 Å². The summed E-state index contributed by atoms with van der Waals surface area (Å²) in [5.74, 6) is -2.76. The first-order chi connectivity index (χ1) is 7.93. The van der Waals surface area contributed by atoms with E-state index in [1.165, 1.54) is 0 Å². The van der Waals surface area contributed by atoms with Crippen molar-refractivity contribution in [1.29, 1.82) is 0 Å². The Morgan fingerprint density at radius 1 is 1.47 bits per heavy atom. The second kappa shape index (κ2) is 5.77. The molecule has 0 saturated heterocycles. The van der Waals surface area contributed by atoms with Crippen LogP contribution >= 0.6 is 11.6 Å². The van der Waals surface area contributed by atoms with Crippen LogP contribution < -0.4 is 4.74 Å². The van der Waals surface area contributed by atoms with Crippen LogP contribution in [-0.4, -0.2) is 17.7 Å². The van der Waals surface area contributed by atoms with Crippen LogP contribution in [0.25, 0.3) is 0 Å². The molecule has 3 nitrogen and oxygen atoms in total. The van der Waals surface area contributed by atoms with Gasteiger partial charge in [-0.2, -0.15) is 8.78 Å². The molecule has 17 heavy (non-hydrogen) atoms. The van der Waals surface area contributed by atoms with Gasteiger partial charge in [0.05, 0.1) is 12.3 Å². The molecule has 0 aliphatic heterocycles. The van der Waals surface area contributed by atoms with Crippen molar-refractivity contribution in [2.45, 2.75) is 18.9 Å². The van der Waals surface area contributed by atoms with Crippen molar-refractivity contribution in [2.24, 2.45) is 0 Å². The molecular weight excluding hydrogens is 261 g/mol. The summed E-state index contributed by atoms with van der Waals surface area (Å²) >= 11 is 5.46. The van der Waals surface area contributed by atoms with E-state index in [0.29, 0.717) is 0 Å². The molecule has 0 atom stereocenters. The maximum atomic E-state index is 13.4. The molecule has 0 aliphatic carbocycles. The van der Waals surface area contributed by atoms with Crippen LogP contribution in [0.2, 0.25) is 0 Å². The highest BCUT2D eigenvalue weighted by molar-refractivity contribution is 6.17. The molecule has 0 fully saturated rings. The summed E-state index contributed by atoms with van der Waals surface area (Å²) in [4.78, 5) is 10.5. The maximum Gasteiger partial charge on any atom is 0.387 e. The third kappa shape index (κ3) is 3.81. The standard InChI is InChI=1S/C10H8ClF3O3/c11-4-7-5(2-9(15)16)1-6(3-8(7)12)17-10(13)14/h1,3,10H,2,4H2,(H,15,16). The number of rotatable bonds is 5. The fourth-order valence-corrected chi connectivity index (χ4v) is 1.61. The van der Waals surface area contributed by atoms with Crippen molar-refractivity contribution in [1.82, 2.24) is 0 Å². The minimum absolute atomic E-state index is 0.0168. The fraction of sp³-hybridized carbons (Fsp3) is 0.300. The molecule has 0 bridgehead atoms. The van der Waals surface area contributed by atoms with E-state index in [9.17, 15) is 18.0 Å². The highest BCUT2D eigenvalue weighted by Crippen LogP contribution is 2.25. The molecule has 94 valence electrons. The molecule has 0 aromatic heterocycles. The van der Waals surface area contributed by atoms with Crippen molar-refractivity contribution in [3.8, 4) is 5.75 Å². The van der Waals surface area contributed by atoms with Gasteiger partial charge in [0.25, 0.3) is 0 Å². The smallest absolute Gasteiger partial charge is 0.387 e. The molecule has 0 spiro atoms. The zero-order chi connectivity index (χ0) is 13.0. The van der Waals surface area contributed by atoms with Crippen molar-refractivity contribution in [3.63, 3.8) is 0 Å². The number of hydrogen-bond acceptors (Lipinski definition) is 2. The van der Waals surface area contributed by atoms with Crippen LogP contribution in [0.15, 0.2) is 12.1 Å². The summed E-state index contributed by atoms with van der Waals surface area (Å²) < 4.78 is 41.3. The molecule has 1 aromatic rings. The van der Waals surface area contributed by atoms with Gasteiger partial charge in [0.15, 0.2) is 0 Å². The number of ether oxygens (including phenoxy) is 1. The lowest BCUT2D eigenvalue weighted by Gasteiger charge is -2.10. The normalized spacial score (nSPS) is 10.6. The summed E-state index contributed by atoms with van der Waals surface area (Å²) in [5, 5.41) is 8.60. The largest absolute Gasteiger partial charge is 0.481 e. The first-order valence-electron chi connectivity index (χ1n) is 4.48. The van der Waals surface area contributed by atoms with Crippen LogP contribution in [-0.2, 0) is 17.1 Å². The van der Waals surface area contributed by atoms with Gasteiger partial charge in [0, 0.05) is 11.6 Å². The number of carbonyl (C=O) groups is 1. The van der Waals surface area contributed by atoms with Crippen LogP contribution in [0.5, 0.6) is 5.75 Å². The lowest BCUT2D eigenvalue weighted by molar-refractivity contribution is -0.136. The molecule has 0 aliphatic rings. The van der Waals surface area contributed by atoms with Crippen molar-refractivity contribution in [3.05, 3.63) is 29.1 Å². The summed E-state index contributed by atoms with van der Waals surface area (Å²) in [6.07, 6.45) is -0.514. The molecule has 7 heteroatoms. The fourth-order valence-electron chi connectivity index (χ4n) is 1.31. The van der Waals surface area contributed by atoms with Crippen LogP contribution in [0.4, 0.5) is 13.2 Å². The van der Waals surface area contributed by atoms with Gasteiger partial charge in [-0.1, -0.05) is 0 Å². The molecule has 0 saturated carbocycles. The first kappa shape index (κ1) is 13.6. The van der Waals surface area contributed by atoms with Gasteiger partial charge >= 0.3 is 12.6 Å². The minimum Gasteiger partial charge on any atom is -0.481 e. The number of alkyl halides is 3. The Morgan fingerprint density at radius 3 is 2.59 bits per heavy atom. The lowest BCUT2D eigenvalue weighted by atomic mass is 10.0. The van der Waals surface area contributed by atoms with E-state index in [-0.39, 0.29) is 17.0 Å². The highest BCUT2D eigenvalue weighted by Gasteiger charge is 2.15. The van der Waals surface area contributed by atoms with Crippen LogP contribution in [0.3, 0.4) is 0 Å². The average molecular weight is 269 g/mol. The van der Waals surface area contributed by atoms with Gasteiger partial charge in [-0.25, -0.2) is 4.39 Å². The van der Waals surface area contributed by atoms with Crippen LogP contribution in [0, 0.1) is 5.82 Å². The quantitative estimate of drug-likeness (QED) is 0.835. The Morgan fingerprint density at radius 2 is 2.12 bits per heavy atom. The molecule has 1 rings (SSSR count). The SMILES string of the molecule is O=C(O)Cc1cc(OC(F)F)cc(F)c1CCl. The van der Waals surface area contributed by atoms with E-state index in [4.69, 9.17) is 16.7 Å². The van der Waals surface area contributed by atoms with E-state index < -0.39 is 30.6 Å². The van der Waals surface area contributed by atoms with Gasteiger partial charge in [-0.3, -0.25) is 4.79 Å². The molecule has 1 aromatic carbocycles. The summed E-state index contributed by atoms with van der Waals surface area (Å²) in [6, 6.07) is 1.79. The molecule has 0 radical (unpaired) electrons. The second-order valence-corrected chi connectivity index (χ2v) is 3.39. The van der Waals surface area contributed by atoms with Crippen LogP contribution in [0.1, 0.15) is 11.1 Å². The Hall–Kier alpha value is -1.43. The number of carboxylic acids is 1. The highest BCUT2D eigenvalue weighted by atomic mass is 35.5. The van der Waals surface area contributed by atoms with Gasteiger partial charge < -0.3 is 9.84 Å². The second-order valence-electron chi connectivity index (χ2n) is 3.13. The average Bonchev–Trinajstić information content (AvgIpc) is 2.14. The Balaban J connectivity index is 3.13. The summed E-state index contributed by atoms with van der Waals surface area (Å²) in [6.45, 7) is -3.10. The zero-order valence-electron chi connectivity index (χ0n) is 8.42. The Bertz CT molecular complexity index is 424. The third-order valence-electron chi connectivity index (χ3n) is 1.96. The number of halogens is 4. The third-order valence-corrected chi connectivity index (χ3v) is 2.23. The number of hydrogen-bond donors (Lipinski definition) is 1. The number of carboxylic acid groups (broad SMARTS) is 1. The molecule has 0 heterocycles. The first-order valence-corrected chi connectivity index (χ1v) is 5.01. The Labute approximate surface area is 99.8 Å². The molecular formula is C10H8ClF3O3. The lowest BCUT2D eigenvalue weighted by Crippen LogP contribution is -2.08. The zero-order valence-corrected chi connectivity index (χ0v) is 9.18. The van der Waals surface area contributed by atoms with Gasteiger partial charge in [-0.15, -0.1) is 11.6 Å². The molecule has 0 amide bonds. The van der Waals surface area contributed by atoms with Gasteiger partial charge in [-0.05, 0) is 11.6 Å². The van der Waals surface area contributed by atoms with E-state index in [1.807, 2.05) is 0 Å². The number of aliphatic carboxylic acids is 1. The minimum atomic E-state index is -3.10. The summed E-state index contributed by atoms with van der Waals surface area (Å²) in [5.41, 5.74) is -0.0150. The van der Waals surface area contributed by atoms with E-state index in [1.54, 1.807) is 0 Å². The molecule has 0 unspecified atom stereocenters. The predicted octanol–water partition coefficient (Wildman–Crippen LogP) is 2.79. The van der Waals surface area contributed by atoms with Crippen molar-refractivity contribution in [2.75, 3.05) is 0 Å². The predicted molar refractivity (Wildman–Crippen MR) is 53.9 cm³/mol. The van der Waals surface area contributed by atoms with Gasteiger partial charge in [0.2, 0.25) is 0 Å². The summed E-state index contributed by atoms with van der Waals surface area (Å²) in [7, 11) is 0. The van der Waals surface area contributed by atoms with E-state index in [0.717, 1.165) is 12.1 Å².